The highest BCUT2D eigenvalue weighted by Crippen LogP contribution is 2.49. The first-order chi connectivity index (χ1) is 10.1. The summed E-state index contributed by atoms with van der Waals surface area (Å²) in [6.07, 6.45) is 7.65. The third-order valence-corrected chi connectivity index (χ3v) is 5.86. The number of carbonyl (C=O) groups is 2. The van der Waals surface area contributed by atoms with E-state index in [9.17, 15) is 14.7 Å². The molecule has 3 aliphatic carbocycles. The van der Waals surface area contributed by atoms with Crippen molar-refractivity contribution >= 4 is 11.9 Å². The summed E-state index contributed by atoms with van der Waals surface area (Å²) in [5.41, 5.74) is 0. The third-order valence-electron chi connectivity index (χ3n) is 5.86. The van der Waals surface area contributed by atoms with Gasteiger partial charge in [-0.3, -0.25) is 9.59 Å². The number of carboxylic acids is 1. The zero-order valence-electron chi connectivity index (χ0n) is 12.9. The number of aliphatic carboxylic acids is 1. The van der Waals surface area contributed by atoms with E-state index in [-0.39, 0.29) is 11.8 Å². The molecule has 3 aliphatic rings. The SMILES string of the molecule is CCC1CC(C(=O)O)C(C(=O)NCC(C2CC2)C2CC2)C1. The molecular formula is C17H27NO3. The van der Waals surface area contributed by atoms with Crippen molar-refractivity contribution in [2.75, 3.05) is 6.54 Å². The second-order valence-electron chi connectivity index (χ2n) is 7.38. The van der Waals surface area contributed by atoms with E-state index >= 15 is 0 Å². The number of nitrogens with one attached hydrogen (secondary N) is 1. The molecule has 0 spiro atoms. The van der Waals surface area contributed by atoms with Gasteiger partial charge in [-0.15, -0.1) is 0 Å². The maximum Gasteiger partial charge on any atom is 0.307 e. The van der Waals surface area contributed by atoms with Gasteiger partial charge in [0.25, 0.3) is 0 Å². The number of rotatable bonds is 7. The molecule has 3 fully saturated rings. The van der Waals surface area contributed by atoms with Crippen molar-refractivity contribution in [3.8, 4) is 0 Å². The van der Waals surface area contributed by atoms with E-state index in [0.29, 0.717) is 18.3 Å². The van der Waals surface area contributed by atoms with Crippen LogP contribution in [0.2, 0.25) is 0 Å². The van der Waals surface area contributed by atoms with E-state index in [1.807, 2.05) is 0 Å². The average Bonchev–Trinajstić information content (AvgIpc) is 3.37. The smallest absolute Gasteiger partial charge is 0.307 e. The fourth-order valence-corrected chi connectivity index (χ4v) is 4.16. The van der Waals surface area contributed by atoms with Gasteiger partial charge in [0.05, 0.1) is 11.8 Å². The summed E-state index contributed by atoms with van der Waals surface area (Å²) in [6, 6.07) is 0. The normalized spacial score (nSPS) is 32.4. The van der Waals surface area contributed by atoms with Crippen LogP contribution in [0.25, 0.3) is 0 Å². The molecule has 4 nitrogen and oxygen atoms in total. The molecule has 118 valence electrons. The summed E-state index contributed by atoms with van der Waals surface area (Å²) in [6.45, 7) is 2.86. The standard InChI is InChI=1S/C17H27NO3/c1-2-10-7-13(14(8-10)17(20)21)16(19)18-9-15(11-3-4-11)12-5-6-12/h10-15H,2-9H2,1H3,(H,18,19)(H,20,21). The van der Waals surface area contributed by atoms with Crippen LogP contribution in [0.3, 0.4) is 0 Å². The van der Waals surface area contributed by atoms with Crippen LogP contribution in [0.4, 0.5) is 0 Å². The van der Waals surface area contributed by atoms with Crippen molar-refractivity contribution in [3.63, 3.8) is 0 Å². The average molecular weight is 293 g/mol. The lowest BCUT2D eigenvalue weighted by Crippen LogP contribution is -2.38. The molecule has 0 saturated heterocycles. The summed E-state index contributed by atoms with van der Waals surface area (Å²) in [5.74, 6) is 1.09. The first-order valence-corrected chi connectivity index (χ1v) is 8.60. The Morgan fingerprint density at radius 3 is 2.14 bits per heavy atom. The van der Waals surface area contributed by atoms with Crippen LogP contribution in [0, 0.1) is 35.5 Å². The van der Waals surface area contributed by atoms with Crippen molar-refractivity contribution in [2.24, 2.45) is 35.5 Å². The molecule has 1 amide bonds. The summed E-state index contributed by atoms with van der Waals surface area (Å²) in [7, 11) is 0. The Labute approximate surface area is 126 Å². The minimum absolute atomic E-state index is 0.00958. The summed E-state index contributed by atoms with van der Waals surface area (Å²) < 4.78 is 0. The van der Waals surface area contributed by atoms with Crippen LogP contribution < -0.4 is 5.32 Å². The van der Waals surface area contributed by atoms with Gasteiger partial charge in [-0.1, -0.05) is 13.3 Å². The van der Waals surface area contributed by atoms with Crippen LogP contribution in [-0.2, 0) is 9.59 Å². The molecule has 0 aromatic heterocycles. The summed E-state index contributed by atoms with van der Waals surface area (Å²) in [5, 5.41) is 12.4. The zero-order valence-corrected chi connectivity index (χ0v) is 12.9. The number of hydrogen-bond donors (Lipinski definition) is 2. The summed E-state index contributed by atoms with van der Waals surface area (Å²) in [4.78, 5) is 23.8. The van der Waals surface area contributed by atoms with Crippen molar-refractivity contribution in [1.29, 1.82) is 0 Å². The lowest BCUT2D eigenvalue weighted by Gasteiger charge is -2.20. The summed E-state index contributed by atoms with van der Waals surface area (Å²) >= 11 is 0. The van der Waals surface area contributed by atoms with Crippen LogP contribution >= 0.6 is 0 Å². The fourth-order valence-electron chi connectivity index (χ4n) is 4.16. The minimum Gasteiger partial charge on any atom is -0.481 e. The molecule has 3 saturated carbocycles. The van der Waals surface area contributed by atoms with E-state index < -0.39 is 11.9 Å². The molecule has 0 aliphatic heterocycles. The third kappa shape index (κ3) is 3.41. The lowest BCUT2D eigenvalue weighted by molar-refractivity contribution is -0.146. The highest BCUT2D eigenvalue weighted by atomic mass is 16.4. The predicted molar refractivity (Wildman–Crippen MR) is 79.6 cm³/mol. The van der Waals surface area contributed by atoms with Crippen LogP contribution in [0.15, 0.2) is 0 Å². The van der Waals surface area contributed by atoms with Gasteiger partial charge in [-0.2, -0.15) is 0 Å². The number of carboxylic acid groups (broad SMARTS) is 1. The Balaban J connectivity index is 1.54. The predicted octanol–water partition coefficient (Wildman–Crippen LogP) is 2.68. The molecule has 0 bridgehead atoms. The molecule has 21 heavy (non-hydrogen) atoms. The van der Waals surface area contributed by atoms with Gasteiger partial charge < -0.3 is 10.4 Å². The van der Waals surface area contributed by atoms with Gasteiger partial charge in [0.2, 0.25) is 5.91 Å². The van der Waals surface area contributed by atoms with Crippen molar-refractivity contribution in [3.05, 3.63) is 0 Å². The van der Waals surface area contributed by atoms with Crippen LogP contribution in [-0.4, -0.2) is 23.5 Å². The zero-order chi connectivity index (χ0) is 15.0. The van der Waals surface area contributed by atoms with E-state index in [0.717, 1.165) is 31.2 Å². The minimum atomic E-state index is -0.799. The molecule has 2 N–H and O–H groups in total. The Morgan fingerprint density at radius 1 is 1.10 bits per heavy atom. The van der Waals surface area contributed by atoms with Crippen molar-refractivity contribution in [1.82, 2.24) is 5.32 Å². The van der Waals surface area contributed by atoms with Gasteiger partial charge in [-0.25, -0.2) is 0 Å². The molecule has 0 radical (unpaired) electrons. The number of hydrogen-bond acceptors (Lipinski definition) is 2. The Kier molecular flexibility index (Phi) is 4.23. The number of carbonyl (C=O) groups excluding carboxylic acids is 1. The van der Waals surface area contributed by atoms with Crippen LogP contribution in [0.1, 0.15) is 51.9 Å². The molecule has 0 aromatic carbocycles. The lowest BCUT2D eigenvalue weighted by atomic mass is 9.94. The Hall–Kier alpha value is -1.06. The second kappa shape index (κ2) is 5.98. The van der Waals surface area contributed by atoms with Crippen LogP contribution in [0.5, 0.6) is 0 Å². The van der Waals surface area contributed by atoms with E-state index in [1.54, 1.807) is 0 Å². The second-order valence-corrected chi connectivity index (χ2v) is 7.38. The van der Waals surface area contributed by atoms with Gasteiger partial charge in [0.15, 0.2) is 0 Å². The van der Waals surface area contributed by atoms with Gasteiger partial charge >= 0.3 is 5.97 Å². The molecule has 0 aromatic rings. The molecular weight excluding hydrogens is 266 g/mol. The van der Waals surface area contributed by atoms with Crippen molar-refractivity contribution < 1.29 is 14.7 Å². The maximum absolute atomic E-state index is 12.4. The quantitative estimate of drug-likeness (QED) is 0.758. The van der Waals surface area contributed by atoms with E-state index in [2.05, 4.69) is 12.2 Å². The number of amides is 1. The van der Waals surface area contributed by atoms with E-state index in [1.165, 1.54) is 25.7 Å². The van der Waals surface area contributed by atoms with E-state index in [4.69, 9.17) is 0 Å². The molecule has 3 rings (SSSR count). The highest BCUT2D eigenvalue weighted by Gasteiger charge is 2.44. The monoisotopic (exact) mass is 293 g/mol. The van der Waals surface area contributed by atoms with Gasteiger partial charge in [-0.05, 0) is 62.2 Å². The van der Waals surface area contributed by atoms with Gasteiger partial charge in [0, 0.05) is 6.54 Å². The Morgan fingerprint density at radius 2 is 1.67 bits per heavy atom. The topological polar surface area (TPSA) is 66.4 Å². The Bertz CT molecular complexity index is 402. The fraction of sp³-hybridized carbons (Fsp3) is 0.882. The molecule has 3 atom stereocenters. The van der Waals surface area contributed by atoms with Crippen molar-refractivity contribution in [2.45, 2.75) is 51.9 Å². The highest BCUT2D eigenvalue weighted by molar-refractivity contribution is 5.85. The maximum atomic E-state index is 12.4. The van der Waals surface area contributed by atoms with Gasteiger partial charge in [0.1, 0.15) is 0 Å². The largest absolute Gasteiger partial charge is 0.481 e. The first-order valence-electron chi connectivity index (χ1n) is 8.60. The molecule has 3 unspecified atom stereocenters. The molecule has 4 heteroatoms. The first kappa shape index (κ1) is 14.9. The molecule has 0 heterocycles.